The van der Waals surface area contributed by atoms with Gasteiger partial charge in [-0.05, 0) is 61.0 Å². The van der Waals surface area contributed by atoms with Crippen molar-refractivity contribution in [3.63, 3.8) is 0 Å². The first-order valence-corrected chi connectivity index (χ1v) is 13.3. The van der Waals surface area contributed by atoms with E-state index in [-0.39, 0.29) is 40.4 Å². The molecule has 1 aliphatic heterocycles. The van der Waals surface area contributed by atoms with Crippen LogP contribution in [0.15, 0.2) is 66.9 Å². The summed E-state index contributed by atoms with van der Waals surface area (Å²) in [6.45, 7) is 3.04. The smallest absolute Gasteiger partial charge is 0.214 e. The number of nitrogen functional groups attached to an aromatic ring is 1. The Bertz CT molecular complexity index is 1750. The topological polar surface area (TPSA) is 128 Å². The number of benzene rings is 3. The van der Waals surface area contributed by atoms with E-state index in [4.69, 9.17) is 15.2 Å². The number of aromatic amines is 1. The first-order valence-electron chi connectivity index (χ1n) is 12.5. The number of aryl methyl sites for hydroxylation is 1. The summed E-state index contributed by atoms with van der Waals surface area (Å²) in [4.78, 5) is 20.5. The highest BCUT2D eigenvalue weighted by Gasteiger charge is 2.22. The summed E-state index contributed by atoms with van der Waals surface area (Å²) in [5, 5.41) is 4.91. The van der Waals surface area contributed by atoms with E-state index in [0.717, 1.165) is 5.56 Å². The Balaban J connectivity index is 1.22. The minimum absolute atomic E-state index is 0.0279. The lowest BCUT2D eigenvalue weighted by atomic mass is 10.1. The van der Waals surface area contributed by atoms with Gasteiger partial charge in [0.25, 0.3) is 0 Å². The van der Waals surface area contributed by atoms with Crippen molar-refractivity contribution in [3.8, 4) is 22.9 Å². The number of halogens is 2. The van der Waals surface area contributed by atoms with Crippen LogP contribution in [0.2, 0.25) is 0 Å². The lowest BCUT2D eigenvalue weighted by molar-refractivity contribution is -0.00506. The van der Waals surface area contributed by atoms with Crippen LogP contribution < -0.4 is 24.9 Å². The van der Waals surface area contributed by atoms with Gasteiger partial charge in [0.2, 0.25) is 5.78 Å². The van der Waals surface area contributed by atoms with Crippen LogP contribution in [0.1, 0.15) is 21.6 Å². The molecule has 0 bridgehead atoms. The summed E-state index contributed by atoms with van der Waals surface area (Å²) in [6.07, 6.45) is 1.39. The molecule has 13 heteroatoms. The second kappa shape index (κ2) is 11.1. The number of carbonyl (C=O) groups excluding carboxylic acids is 1. The molecule has 0 amide bonds. The minimum atomic E-state index is -0.470. The molecular formula is C28H24F2N6O4S. The Morgan fingerprint density at radius 1 is 1.17 bits per heavy atom. The molecule has 41 heavy (non-hydrogen) atoms. The zero-order valence-electron chi connectivity index (χ0n) is 21.6. The third-order valence-electron chi connectivity index (χ3n) is 6.59. The zero-order chi connectivity index (χ0) is 28.5. The molecule has 1 aliphatic rings. The van der Waals surface area contributed by atoms with Crippen LogP contribution in [-0.4, -0.2) is 39.8 Å². The summed E-state index contributed by atoms with van der Waals surface area (Å²) in [7, 11) is 0. The number of hydrogen-bond donors (Lipinski definition) is 4. The summed E-state index contributed by atoms with van der Waals surface area (Å²) in [5.74, 6) is -0.204. The van der Waals surface area contributed by atoms with E-state index >= 15 is 0 Å². The summed E-state index contributed by atoms with van der Waals surface area (Å²) >= 11 is 1.18. The van der Waals surface area contributed by atoms with E-state index in [1.807, 2.05) is 6.92 Å². The molecule has 2 aromatic heterocycles. The van der Waals surface area contributed by atoms with Gasteiger partial charge in [-0.15, -0.1) is 0 Å². The molecular weight excluding hydrogens is 554 g/mol. The molecule has 10 nitrogen and oxygen atoms in total. The predicted molar refractivity (Wildman–Crippen MR) is 152 cm³/mol. The van der Waals surface area contributed by atoms with Crippen LogP contribution in [0, 0.1) is 12.7 Å². The van der Waals surface area contributed by atoms with Gasteiger partial charge in [-0.1, -0.05) is 12.1 Å². The summed E-state index contributed by atoms with van der Waals surface area (Å²) in [5.41, 5.74) is 9.14. The van der Waals surface area contributed by atoms with Gasteiger partial charge in [0, 0.05) is 27.6 Å². The van der Waals surface area contributed by atoms with E-state index < -0.39 is 5.82 Å². The largest absolute Gasteiger partial charge is 0.454 e. The van der Waals surface area contributed by atoms with Crippen molar-refractivity contribution in [3.05, 3.63) is 89.5 Å². The third kappa shape index (κ3) is 5.29. The Morgan fingerprint density at radius 2 is 2.00 bits per heavy atom. The number of anilines is 2. The molecule has 5 N–H and O–H groups in total. The lowest BCUT2D eigenvalue weighted by Crippen LogP contribution is -2.43. The quantitative estimate of drug-likeness (QED) is 0.123. The van der Waals surface area contributed by atoms with E-state index in [2.05, 4.69) is 24.5 Å². The van der Waals surface area contributed by atoms with Gasteiger partial charge < -0.3 is 24.9 Å². The molecule has 0 radical (unpaired) electrons. The van der Waals surface area contributed by atoms with Crippen molar-refractivity contribution in [2.45, 2.75) is 13.0 Å². The summed E-state index contributed by atoms with van der Waals surface area (Å²) < 4.78 is 45.7. The van der Waals surface area contributed by atoms with E-state index in [1.165, 1.54) is 41.2 Å². The molecule has 0 aliphatic carbocycles. The fraction of sp³-hybridized carbons (Fsp3) is 0.143. The van der Waals surface area contributed by atoms with Crippen LogP contribution in [0.3, 0.4) is 0 Å². The van der Waals surface area contributed by atoms with Gasteiger partial charge in [-0.3, -0.25) is 9.74 Å². The average molecular weight is 579 g/mol. The van der Waals surface area contributed by atoms with Crippen molar-refractivity contribution in [2.24, 2.45) is 0 Å². The molecule has 0 saturated carbocycles. The number of fused-ring (bicyclic) bond motifs is 1. The molecule has 6 rings (SSSR count). The highest BCUT2D eigenvalue weighted by molar-refractivity contribution is 7.98. The second-order valence-electron chi connectivity index (χ2n) is 9.42. The first kappa shape index (κ1) is 26.6. The highest BCUT2D eigenvalue weighted by atomic mass is 32.2. The molecule has 210 valence electrons. The van der Waals surface area contributed by atoms with Crippen LogP contribution in [0.4, 0.5) is 20.4 Å². The number of hydrogen-bond acceptors (Lipinski definition) is 9. The van der Waals surface area contributed by atoms with Crippen molar-refractivity contribution in [1.82, 2.24) is 19.5 Å². The standard InChI is InChI=1S/C28H24F2N6O4S/c1-15-8-18(39-25-5-3-2-4-20(25)29)6-7-24(15)36-28(31)19(12-32-36)27(37)23-9-16-10-26(40-30)22(11-21(16)33-23)35-41-34-17-13-38-14-17/h2-12,17,33-35H,13-14,31H2,1H3. The fourth-order valence-electron chi connectivity index (χ4n) is 4.35. The van der Waals surface area contributed by atoms with Crippen molar-refractivity contribution in [2.75, 3.05) is 23.7 Å². The third-order valence-corrected chi connectivity index (χ3v) is 7.36. The molecule has 5 aromatic rings. The normalized spacial score (nSPS) is 13.2. The van der Waals surface area contributed by atoms with Gasteiger partial charge in [0.15, 0.2) is 17.3 Å². The van der Waals surface area contributed by atoms with Crippen LogP contribution in [-0.2, 0) is 4.74 Å². The Labute approximate surface area is 236 Å². The lowest BCUT2D eigenvalue weighted by Gasteiger charge is -2.26. The van der Waals surface area contributed by atoms with E-state index in [9.17, 15) is 13.7 Å². The van der Waals surface area contributed by atoms with Gasteiger partial charge in [0.05, 0.1) is 48.1 Å². The highest BCUT2D eigenvalue weighted by Crippen LogP contribution is 2.34. The molecule has 1 saturated heterocycles. The Morgan fingerprint density at radius 3 is 2.73 bits per heavy atom. The first-order chi connectivity index (χ1) is 19.9. The molecule has 0 spiro atoms. The number of aromatic nitrogens is 3. The Hall–Kier alpha value is -4.59. The van der Waals surface area contributed by atoms with Crippen molar-refractivity contribution < 1.29 is 28.1 Å². The van der Waals surface area contributed by atoms with Gasteiger partial charge in [-0.2, -0.15) is 5.10 Å². The number of nitrogens with one attached hydrogen (secondary N) is 3. The molecule has 3 heterocycles. The second-order valence-corrected chi connectivity index (χ2v) is 10.1. The van der Waals surface area contributed by atoms with Crippen LogP contribution in [0.5, 0.6) is 17.2 Å². The number of carbonyl (C=O) groups is 1. The number of nitrogens with zero attached hydrogens (tertiary/aromatic N) is 2. The summed E-state index contributed by atoms with van der Waals surface area (Å²) in [6, 6.07) is 16.2. The van der Waals surface area contributed by atoms with Crippen molar-refractivity contribution >= 4 is 40.3 Å². The molecule has 0 unspecified atom stereocenters. The maximum absolute atomic E-state index is 14.0. The SMILES string of the molecule is Cc1cc(Oc2ccccc2F)ccc1-n1ncc(C(=O)c2cc3cc(OF)c(NSNC4COC4)cc3[nH]2)c1N. The van der Waals surface area contributed by atoms with E-state index in [0.29, 0.717) is 41.2 Å². The van der Waals surface area contributed by atoms with Gasteiger partial charge in [0.1, 0.15) is 11.6 Å². The van der Waals surface area contributed by atoms with Gasteiger partial charge >= 0.3 is 0 Å². The van der Waals surface area contributed by atoms with E-state index in [1.54, 1.807) is 42.5 Å². The molecule has 0 atom stereocenters. The number of para-hydroxylation sites is 1. The number of rotatable bonds is 10. The van der Waals surface area contributed by atoms with Crippen LogP contribution >= 0.6 is 12.1 Å². The molecule has 3 aromatic carbocycles. The monoisotopic (exact) mass is 578 g/mol. The number of ketones is 1. The number of nitrogens with two attached hydrogens (primary N) is 1. The Kier molecular flexibility index (Phi) is 7.22. The maximum Gasteiger partial charge on any atom is 0.214 e. The predicted octanol–water partition coefficient (Wildman–Crippen LogP) is 5.63. The minimum Gasteiger partial charge on any atom is -0.454 e. The van der Waals surface area contributed by atoms with Crippen LogP contribution in [0.25, 0.3) is 16.6 Å². The van der Waals surface area contributed by atoms with Crippen molar-refractivity contribution in [1.29, 1.82) is 0 Å². The molecule has 1 fully saturated rings. The zero-order valence-corrected chi connectivity index (χ0v) is 22.4. The van der Waals surface area contributed by atoms with Gasteiger partial charge in [-0.25, -0.2) is 13.8 Å². The number of H-pyrrole nitrogens is 1. The number of ether oxygens (including phenoxy) is 2. The average Bonchev–Trinajstić information content (AvgIpc) is 3.53. The fourth-order valence-corrected chi connectivity index (χ4v) is 4.98. The maximum atomic E-state index is 14.0.